The van der Waals surface area contributed by atoms with E-state index < -0.39 is 24.1 Å². The standard InChI is InChI=1S/C17H19F3N6O/c18-12(19)7-26-14-11(5-22-26)21-6-13(23-14)24-1-3-25(4-2-24)15(27)16-8-17(20,9-16)10-16/h5-6,12H,1-4,7-10H2. The molecule has 1 saturated heterocycles. The van der Waals surface area contributed by atoms with E-state index >= 15 is 0 Å². The second-order valence-electron chi connectivity index (χ2n) is 7.90. The zero-order valence-corrected chi connectivity index (χ0v) is 14.6. The van der Waals surface area contributed by atoms with E-state index in [1.165, 1.54) is 6.20 Å². The van der Waals surface area contributed by atoms with Gasteiger partial charge in [0.15, 0.2) is 5.65 Å². The van der Waals surface area contributed by atoms with Gasteiger partial charge in [-0.1, -0.05) is 0 Å². The number of alkyl halides is 3. The maximum atomic E-state index is 13.7. The highest BCUT2D eigenvalue weighted by atomic mass is 19.3. The van der Waals surface area contributed by atoms with Gasteiger partial charge in [0.1, 0.15) is 23.5 Å². The molecule has 3 saturated carbocycles. The summed E-state index contributed by atoms with van der Waals surface area (Å²) >= 11 is 0. The van der Waals surface area contributed by atoms with Gasteiger partial charge in [0, 0.05) is 26.2 Å². The molecule has 3 heterocycles. The Hall–Kier alpha value is -2.39. The maximum Gasteiger partial charge on any atom is 0.258 e. The van der Waals surface area contributed by atoms with Gasteiger partial charge in [-0.05, 0) is 19.3 Å². The third-order valence-corrected chi connectivity index (χ3v) is 5.95. The van der Waals surface area contributed by atoms with Crippen molar-refractivity contribution in [3.8, 4) is 0 Å². The van der Waals surface area contributed by atoms with Crippen molar-refractivity contribution in [1.29, 1.82) is 0 Å². The molecule has 0 N–H and O–H groups in total. The van der Waals surface area contributed by atoms with Crippen LogP contribution in [0.15, 0.2) is 12.4 Å². The number of anilines is 1. The molecule has 0 atom stereocenters. The normalized spacial score (nSPS) is 29.8. The first-order chi connectivity index (χ1) is 12.9. The van der Waals surface area contributed by atoms with Crippen LogP contribution in [0.1, 0.15) is 19.3 Å². The van der Waals surface area contributed by atoms with Gasteiger partial charge in [-0.3, -0.25) is 4.79 Å². The smallest absolute Gasteiger partial charge is 0.258 e. The van der Waals surface area contributed by atoms with E-state index in [4.69, 9.17) is 0 Å². The van der Waals surface area contributed by atoms with E-state index in [1.54, 1.807) is 6.20 Å². The van der Waals surface area contributed by atoms with E-state index in [9.17, 15) is 18.0 Å². The average Bonchev–Trinajstić information content (AvgIpc) is 2.99. The van der Waals surface area contributed by atoms with Gasteiger partial charge in [-0.2, -0.15) is 5.10 Å². The van der Waals surface area contributed by atoms with Crippen molar-refractivity contribution in [2.45, 2.75) is 37.9 Å². The number of nitrogens with zero attached hydrogens (tertiary/aromatic N) is 6. The van der Waals surface area contributed by atoms with Crippen molar-refractivity contribution in [3.63, 3.8) is 0 Å². The molecule has 10 heteroatoms. The molecule has 3 aliphatic carbocycles. The predicted molar refractivity (Wildman–Crippen MR) is 90.2 cm³/mol. The van der Waals surface area contributed by atoms with Crippen LogP contribution in [0.4, 0.5) is 19.0 Å². The quantitative estimate of drug-likeness (QED) is 0.807. The van der Waals surface area contributed by atoms with E-state index in [-0.39, 0.29) is 5.91 Å². The first kappa shape index (κ1) is 16.8. The molecular weight excluding hydrogens is 361 g/mol. The lowest BCUT2D eigenvalue weighted by molar-refractivity contribution is -0.222. The number of rotatable bonds is 4. The summed E-state index contributed by atoms with van der Waals surface area (Å²) in [5.74, 6) is 0.650. The van der Waals surface area contributed by atoms with Crippen molar-refractivity contribution in [2.24, 2.45) is 5.41 Å². The summed E-state index contributed by atoms with van der Waals surface area (Å²) in [7, 11) is 0. The molecule has 0 spiro atoms. The van der Waals surface area contributed by atoms with Gasteiger partial charge in [-0.15, -0.1) is 0 Å². The van der Waals surface area contributed by atoms with E-state index in [0.29, 0.717) is 62.4 Å². The van der Waals surface area contributed by atoms with Gasteiger partial charge in [-0.25, -0.2) is 27.8 Å². The molecule has 1 aliphatic heterocycles. The van der Waals surface area contributed by atoms with Crippen LogP contribution in [-0.2, 0) is 11.3 Å². The molecule has 0 radical (unpaired) electrons. The Bertz CT molecular complexity index is 887. The number of aromatic nitrogens is 4. The summed E-state index contributed by atoms with van der Waals surface area (Å²) in [4.78, 5) is 25.1. The Balaban J connectivity index is 1.27. The number of halogens is 3. The number of fused-ring (bicyclic) bond motifs is 1. The number of piperazine rings is 1. The Morgan fingerprint density at radius 1 is 1.15 bits per heavy atom. The lowest BCUT2D eigenvalue weighted by atomic mass is 9.42. The SMILES string of the molecule is O=C(N1CCN(c2cnc3cnn(CC(F)F)c3n2)CC1)C12CC(F)(C1)C2. The van der Waals surface area contributed by atoms with Gasteiger partial charge in [0.05, 0.1) is 17.8 Å². The number of hydrogen-bond acceptors (Lipinski definition) is 5. The zero-order valence-electron chi connectivity index (χ0n) is 14.6. The van der Waals surface area contributed by atoms with Crippen LogP contribution in [0.3, 0.4) is 0 Å². The molecule has 2 aromatic rings. The molecule has 4 aliphatic rings. The first-order valence-corrected chi connectivity index (χ1v) is 9.08. The largest absolute Gasteiger partial charge is 0.352 e. The Kier molecular flexibility index (Phi) is 3.45. The maximum absolute atomic E-state index is 13.7. The number of carbonyl (C=O) groups is 1. The summed E-state index contributed by atoms with van der Waals surface area (Å²) in [5, 5.41) is 3.92. The highest BCUT2D eigenvalue weighted by Crippen LogP contribution is 2.70. The summed E-state index contributed by atoms with van der Waals surface area (Å²) < 4.78 is 40.2. The topological polar surface area (TPSA) is 67.2 Å². The molecule has 1 amide bonds. The number of amides is 1. The molecule has 2 aromatic heterocycles. The number of carbonyl (C=O) groups excluding carboxylic acids is 1. The fourth-order valence-electron chi connectivity index (χ4n) is 4.62. The molecule has 7 nitrogen and oxygen atoms in total. The fraction of sp³-hybridized carbons (Fsp3) is 0.647. The first-order valence-electron chi connectivity index (χ1n) is 9.08. The van der Waals surface area contributed by atoms with Crippen molar-refractivity contribution < 1.29 is 18.0 Å². The van der Waals surface area contributed by atoms with Gasteiger partial charge in [0.2, 0.25) is 5.91 Å². The second kappa shape index (κ2) is 5.56. The molecule has 2 bridgehead atoms. The second-order valence-corrected chi connectivity index (χ2v) is 7.90. The summed E-state index contributed by atoms with van der Waals surface area (Å²) in [6.07, 6.45) is 1.61. The lowest BCUT2D eigenvalue weighted by Gasteiger charge is -2.65. The van der Waals surface area contributed by atoms with E-state index in [2.05, 4.69) is 15.1 Å². The minimum absolute atomic E-state index is 0.0678. The Morgan fingerprint density at radius 2 is 1.85 bits per heavy atom. The molecule has 0 aromatic carbocycles. The Morgan fingerprint density at radius 3 is 2.48 bits per heavy atom. The van der Waals surface area contributed by atoms with Crippen molar-refractivity contribution in [3.05, 3.63) is 12.4 Å². The monoisotopic (exact) mass is 380 g/mol. The minimum atomic E-state index is -2.52. The molecule has 6 rings (SSSR count). The van der Waals surface area contributed by atoms with Crippen LogP contribution in [0.5, 0.6) is 0 Å². The zero-order chi connectivity index (χ0) is 18.8. The van der Waals surface area contributed by atoms with Crippen LogP contribution in [0.2, 0.25) is 0 Å². The van der Waals surface area contributed by atoms with Gasteiger partial charge >= 0.3 is 0 Å². The van der Waals surface area contributed by atoms with Crippen molar-refractivity contribution in [2.75, 3.05) is 31.1 Å². The molecule has 144 valence electrons. The fourth-order valence-corrected chi connectivity index (χ4v) is 4.62. The third-order valence-electron chi connectivity index (χ3n) is 5.95. The molecular formula is C17H19F3N6O. The summed E-state index contributed by atoms with van der Waals surface area (Å²) in [6.45, 7) is 1.70. The molecule has 27 heavy (non-hydrogen) atoms. The van der Waals surface area contributed by atoms with Crippen LogP contribution < -0.4 is 4.90 Å². The highest BCUT2D eigenvalue weighted by molar-refractivity contribution is 5.87. The van der Waals surface area contributed by atoms with Crippen LogP contribution in [0, 0.1) is 5.41 Å². The molecule has 4 fully saturated rings. The van der Waals surface area contributed by atoms with Crippen LogP contribution >= 0.6 is 0 Å². The van der Waals surface area contributed by atoms with Gasteiger partial charge in [0.25, 0.3) is 6.43 Å². The Labute approximate surface area is 153 Å². The predicted octanol–water partition coefficient (Wildman–Crippen LogP) is 1.63. The summed E-state index contributed by atoms with van der Waals surface area (Å²) in [6, 6.07) is 0. The third kappa shape index (κ3) is 2.56. The minimum Gasteiger partial charge on any atom is -0.352 e. The van der Waals surface area contributed by atoms with Crippen LogP contribution in [0.25, 0.3) is 11.2 Å². The van der Waals surface area contributed by atoms with E-state index in [0.717, 1.165) is 4.68 Å². The van der Waals surface area contributed by atoms with E-state index in [1.807, 2.05) is 9.80 Å². The van der Waals surface area contributed by atoms with Gasteiger partial charge < -0.3 is 9.80 Å². The summed E-state index contributed by atoms with van der Waals surface area (Å²) in [5.41, 5.74) is -0.730. The number of hydrogen-bond donors (Lipinski definition) is 0. The highest BCUT2D eigenvalue weighted by Gasteiger charge is 2.73. The lowest BCUT2D eigenvalue weighted by Crippen LogP contribution is -2.71. The van der Waals surface area contributed by atoms with Crippen molar-refractivity contribution >= 4 is 22.9 Å². The average molecular weight is 380 g/mol. The van der Waals surface area contributed by atoms with Crippen LogP contribution in [-0.4, -0.2) is 68.8 Å². The molecule has 0 unspecified atom stereocenters. The van der Waals surface area contributed by atoms with Crippen molar-refractivity contribution in [1.82, 2.24) is 24.6 Å².